The van der Waals surface area contributed by atoms with Crippen LogP contribution in [0.3, 0.4) is 0 Å². The molecule has 2 aromatic carbocycles. The second kappa shape index (κ2) is 3.87. The van der Waals surface area contributed by atoms with Gasteiger partial charge in [-0.1, -0.05) is 18.2 Å². The maximum absolute atomic E-state index is 5.67. The Morgan fingerprint density at radius 2 is 1.35 bits per heavy atom. The van der Waals surface area contributed by atoms with Crippen molar-refractivity contribution in [2.75, 3.05) is 5.73 Å². The summed E-state index contributed by atoms with van der Waals surface area (Å²) in [5, 5.41) is 0. The van der Waals surface area contributed by atoms with Crippen molar-refractivity contribution in [2.24, 2.45) is 0 Å². The van der Waals surface area contributed by atoms with Crippen molar-refractivity contribution in [3.8, 4) is 11.1 Å². The number of nitrogen functional groups attached to an aromatic ring is 1. The molecule has 0 aliphatic rings. The van der Waals surface area contributed by atoms with Crippen LogP contribution in [-0.2, 0) is 0 Å². The van der Waals surface area contributed by atoms with E-state index in [1.807, 2.05) is 42.5 Å². The van der Waals surface area contributed by atoms with E-state index in [1.54, 1.807) is 12.4 Å². The number of hydrogen-bond donors (Lipinski definition) is 1. The average Bonchev–Trinajstić information content (AvgIpc) is 2.39. The van der Waals surface area contributed by atoms with E-state index in [0.29, 0.717) is 0 Å². The van der Waals surface area contributed by atoms with Crippen LogP contribution in [0.25, 0.3) is 22.2 Å². The lowest BCUT2D eigenvalue weighted by Crippen LogP contribution is -1.86. The molecule has 0 bridgehead atoms. The summed E-state index contributed by atoms with van der Waals surface area (Å²) in [6.45, 7) is 0. The van der Waals surface area contributed by atoms with E-state index in [1.165, 1.54) is 0 Å². The van der Waals surface area contributed by atoms with Crippen LogP contribution in [0.5, 0.6) is 0 Å². The molecule has 3 heteroatoms. The zero-order valence-corrected chi connectivity index (χ0v) is 9.17. The van der Waals surface area contributed by atoms with Gasteiger partial charge >= 0.3 is 0 Å². The van der Waals surface area contributed by atoms with Gasteiger partial charge in [0.05, 0.1) is 11.0 Å². The maximum Gasteiger partial charge on any atom is 0.0892 e. The second-order valence-electron chi connectivity index (χ2n) is 3.88. The fourth-order valence-corrected chi connectivity index (χ4v) is 1.82. The molecule has 0 saturated heterocycles. The van der Waals surface area contributed by atoms with Crippen molar-refractivity contribution in [1.29, 1.82) is 0 Å². The number of anilines is 1. The Labute approximate surface area is 98.9 Å². The fraction of sp³-hybridized carbons (Fsp3) is 0. The molecule has 0 spiro atoms. The van der Waals surface area contributed by atoms with Crippen LogP contribution in [-0.4, -0.2) is 9.97 Å². The van der Waals surface area contributed by atoms with Gasteiger partial charge in [-0.25, -0.2) is 0 Å². The molecule has 82 valence electrons. The quantitative estimate of drug-likeness (QED) is 0.643. The van der Waals surface area contributed by atoms with E-state index < -0.39 is 0 Å². The standard InChI is InChI=1S/C14H11N3/c15-12-4-1-10(2-5-12)11-3-6-13-14(9-11)17-8-7-16-13/h1-9H,15H2. The summed E-state index contributed by atoms with van der Waals surface area (Å²) in [6, 6.07) is 13.9. The van der Waals surface area contributed by atoms with Crippen LogP contribution in [0.1, 0.15) is 0 Å². The molecule has 0 unspecified atom stereocenters. The predicted octanol–water partition coefficient (Wildman–Crippen LogP) is 2.88. The van der Waals surface area contributed by atoms with Crippen LogP contribution in [0, 0.1) is 0 Å². The SMILES string of the molecule is Nc1ccc(-c2ccc3nccnc3c2)cc1. The van der Waals surface area contributed by atoms with Crippen molar-refractivity contribution < 1.29 is 0 Å². The Morgan fingerprint density at radius 1 is 0.706 bits per heavy atom. The first kappa shape index (κ1) is 9.78. The molecule has 2 N–H and O–H groups in total. The van der Waals surface area contributed by atoms with E-state index in [2.05, 4.69) is 9.97 Å². The first-order valence-electron chi connectivity index (χ1n) is 5.40. The summed E-state index contributed by atoms with van der Waals surface area (Å²) in [5.41, 5.74) is 10.5. The molecule has 0 fully saturated rings. The van der Waals surface area contributed by atoms with Crippen LogP contribution >= 0.6 is 0 Å². The molecule has 1 aromatic heterocycles. The van der Waals surface area contributed by atoms with Crippen molar-refractivity contribution >= 4 is 16.7 Å². The molecule has 0 radical (unpaired) electrons. The highest BCUT2D eigenvalue weighted by molar-refractivity contribution is 5.81. The van der Waals surface area contributed by atoms with Gasteiger partial charge in [0.25, 0.3) is 0 Å². The van der Waals surface area contributed by atoms with Gasteiger partial charge in [-0.2, -0.15) is 0 Å². The van der Waals surface area contributed by atoms with Crippen LogP contribution in [0.2, 0.25) is 0 Å². The van der Waals surface area contributed by atoms with Crippen molar-refractivity contribution in [3.05, 3.63) is 54.9 Å². The van der Waals surface area contributed by atoms with Gasteiger partial charge in [0.15, 0.2) is 0 Å². The number of nitrogens with two attached hydrogens (primary N) is 1. The third-order valence-electron chi connectivity index (χ3n) is 2.71. The third kappa shape index (κ3) is 1.83. The first-order chi connectivity index (χ1) is 8.33. The minimum absolute atomic E-state index is 0.773. The van der Waals surface area contributed by atoms with Gasteiger partial charge < -0.3 is 5.73 Å². The summed E-state index contributed by atoms with van der Waals surface area (Å²) >= 11 is 0. The summed E-state index contributed by atoms with van der Waals surface area (Å²) in [5.74, 6) is 0. The zero-order chi connectivity index (χ0) is 11.7. The predicted molar refractivity (Wildman–Crippen MR) is 69.4 cm³/mol. The van der Waals surface area contributed by atoms with Gasteiger partial charge in [0, 0.05) is 18.1 Å². The van der Waals surface area contributed by atoms with Gasteiger partial charge in [0.1, 0.15) is 0 Å². The van der Waals surface area contributed by atoms with Crippen molar-refractivity contribution in [2.45, 2.75) is 0 Å². The number of rotatable bonds is 1. The lowest BCUT2D eigenvalue weighted by atomic mass is 10.0. The molecule has 3 nitrogen and oxygen atoms in total. The smallest absolute Gasteiger partial charge is 0.0892 e. The molecule has 17 heavy (non-hydrogen) atoms. The molecular weight excluding hydrogens is 210 g/mol. The Bertz CT molecular complexity index is 660. The molecule has 3 rings (SSSR count). The molecule has 0 aliphatic heterocycles. The van der Waals surface area contributed by atoms with Crippen molar-refractivity contribution in [3.63, 3.8) is 0 Å². The van der Waals surface area contributed by atoms with Gasteiger partial charge in [0.2, 0.25) is 0 Å². The summed E-state index contributed by atoms with van der Waals surface area (Å²) < 4.78 is 0. The van der Waals surface area contributed by atoms with Gasteiger partial charge in [-0.15, -0.1) is 0 Å². The van der Waals surface area contributed by atoms with Gasteiger partial charge in [-0.05, 0) is 35.4 Å². The maximum atomic E-state index is 5.67. The monoisotopic (exact) mass is 221 g/mol. The average molecular weight is 221 g/mol. The summed E-state index contributed by atoms with van der Waals surface area (Å²) in [4.78, 5) is 8.55. The minimum Gasteiger partial charge on any atom is -0.399 e. The van der Waals surface area contributed by atoms with E-state index >= 15 is 0 Å². The van der Waals surface area contributed by atoms with E-state index in [4.69, 9.17) is 5.73 Å². The molecule has 0 aliphatic carbocycles. The van der Waals surface area contributed by atoms with Gasteiger partial charge in [-0.3, -0.25) is 9.97 Å². The van der Waals surface area contributed by atoms with E-state index in [9.17, 15) is 0 Å². The largest absolute Gasteiger partial charge is 0.399 e. The van der Waals surface area contributed by atoms with Crippen LogP contribution < -0.4 is 5.73 Å². The van der Waals surface area contributed by atoms with Crippen LogP contribution in [0.15, 0.2) is 54.9 Å². The Hall–Kier alpha value is -2.42. The molecule has 1 heterocycles. The Kier molecular flexibility index (Phi) is 2.22. The first-order valence-corrected chi connectivity index (χ1v) is 5.40. The number of aromatic nitrogens is 2. The van der Waals surface area contributed by atoms with E-state index in [-0.39, 0.29) is 0 Å². The fourth-order valence-electron chi connectivity index (χ4n) is 1.82. The highest BCUT2D eigenvalue weighted by Gasteiger charge is 2.00. The summed E-state index contributed by atoms with van der Waals surface area (Å²) in [7, 11) is 0. The summed E-state index contributed by atoms with van der Waals surface area (Å²) in [6.07, 6.45) is 3.40. The molecule has 0 atom stereocenters. The Morgan fingerprint density at radius 3 is 2.12 bits per heavy atom. The normalized spacial score (nSPS) is 10.6. The zero-order valence-electron chi connectivity index (χ0n) is 9.17. The Balaban J connectivity index is 2.14. The number of hydrogen-bond acceptors (Lipinski definition) is 3. The number of nitrogens with zero attached hydrogens (tertiary/aromatic N) is 2. The highest BCUT2D eigenvalue weighted by atomic mass is 14.8. The minimum atomic E-state index is 0.773. The van der Waals surface area contributed by atoms with E-state index in [0.717, 1.165) is 27.8 Å². The molecule has 0 saturated carbocycles. The highest BCUT2D eigenvalue weighted by Crippen LogP contribution is 2.23. The van der Waals surface area contributed by atoms with Crippen LogP contribution in [0.4, 0.5) is 5.69 Å². The molecule has 0 amide bonds. The lowest BCUT2D eigenvalue weighted by Gasteiger charge is -2.03. The third-order valence-corrected chi connectivity index (χ3v) is 2.71. The second-order valence-corrected chi connectivity index (χ2v) is 3.88. The topological polar surface area (TPSA) is 51.8 Å². The van der Waals surface area contributed by atoms with Crippen molar-refractivity contribution in [1.82, 2.24) is 9.97 Å². The molecular formula is C14H11N3. The number of fused-ring (bicyclic) bond motifs is 1. The number of benzene rings is 2. The molecule has 3 aromatic rings. The lowest BCUT2D eigenvalue weighted by molar-refractivity contribution is 1.29.